The van der Waals surface area contributed by atoms with Crippen LogP contribution in [-0.2, 0) is 0 Å². The lowest BCUT2D eigenvalue weighted by atomic mass is 10.0. The van der Waals surface area contributed by atoms with Gasteiger partial charge in [0.05, 0.1) is 4.92 Å². The maximum Gasteiger partial charge on any atom is 0.343 e. The average molecular weight is 195 g/mol. The fourth-order valence-electron chi connectivity index (χ4n) is 1.37. The Morgan fingerprint density at radius 1 is 1.43 bits per heavy atom. The third-order valence-corrected chi connectivity index (χ3v) is 1.87. The van der Waals surface area contributed by atoms with E-state index in [0.717, 1.165) is 0 Å². The summed E-state index contributed by atoms with van der Waals surface area (Å²) in [6.07, 6.45) is 0. The van der Waals surface area contributed by atoms with Crippen LogP contribution in [0.3, 0.4) is 0 Å². The summed E-state index contributed by atoms with van der Waals surface area (Å²) in [6.45, 7) is 3.23. The monoisotopic (exact) mass is 195 g/mol. The van der Waals surface area contributed by atoms with Crippen molar-refractivity contribution in [3.63, 3.8) is 0 Å². The molecule has 0 saturated heterocycles. The average Bonchev–Trinajstić information content (AvgIpc) is 2.01. The largest absolute Gasteiger partial charge is 0.477 e. The summed E-state index contributed by atoms with van der Waals surface area (Å²) < 4.78 is 0. The molecule has 0 amide bonds. The van der Waals surface area contributed by atoms with Crippen LogP contribution in [0, 0.1) is 24.0 Å². The quantitative estimate of drug-likeness (QED) is 0.577. The molecule has 1 N–H and O–H groups in total. The first-order chi connectivity index (χ1) is 6.43. The second kappa shape index (κ2) is 3.45. The van der Waals surface area contributed by atoms with Crippen LogP contribution in [-0.4, -0.2) is 16.0 Å². The topological polar surface area (TPSA) is 80.4 Å². The van der Waals surface area contributed by atoms with Crippen molar-refractivity contribution in [1.29, 1.82) is 0 Å². The van der Waals surface area contributed by atoms with Gasteiger partial charge in [0, 0.05) is 6.07 Å². The summed E-state index contributed by atoms with van der Waals surface area (Å²) in [4.78, 5) is 20.6. The molecule has 1 aromatic rings. The number of carboxylic acids is 1. The summed E-state index contributed by atoms with van der Waals surface area (Å²) in [6, 6.07) is 2.87. The lowest BCUT2D eigenvalue weighted by Crippen LogP contribution is -2.05. The molecule has 0 aliphatic heterocycles. The highest BCUT2D eigenvalue weighted by Crippen LogP contribution is 2.23. The summed E-state index contributed by atoms with van der Waals surface area (Å²) in [5.74, 6) is -1.27. The van der Waals surface area contributed by atoms with Crippen LogP contribution in [0.5, 0.6) is 0 Å². The van der Waals surface area contributed by atoms with E-state index in [1.807, 2.05) is 0 Å². The van der Waals surface area contributed by atoms with Crippen LogP contribution in [0.15, 0.2) is 12.1 Å². The number of carboxylic acid groups (broad SMARTS) is 1. The third kappa shape index (κ3) is 1.71. The number of hydrogen-bond donors (Lipinski definition) is 1. The van der Waals surface area contributed by atoms with E-state index in [1.54, 1.807) is 19.9 Å². The van der Waals surface area contributed by atoms with Gasteiger partial charge in [0.1, 0.15) is 5.56 Å². The van der Waals surface area contributed by atoms with Gasteiger partial charge in [-0.05, 0) is 25.0 Å². The van der Waals surface area contributed by atoms with Crippen LogP contribution in [0.2, 0.25) is 0 Å². The number of aryl methyl sites for hydroxylation is 2. The van der Waals surface area contributed by atoms with Crippen molar-refractivity contribution in [2.45, 2.75) is 13.8 Å². The minimum atomic E-state index is -1.27. The fraction of sp³-hybridized carbons (Fsp3) is 0.222. The van der Waals surface area contributed by atoms with E-state index in [1.165, 1.54) is 6.07 Å². The number of nitro groups is 1. The van der Waals surface area contributed by atoms with Crippen molar-refractivity contribution < 1.29 is 14.8 Å². The molecule has 0 radical (unpaired) electrons. The summed E-state index contributed by atoms with van der Waals surface area (Å²) in [5.41, 5.74) is 0.499. The number of benzene rings is 1. The first-order valence-corrected chi connectivity index (χ1v) is 3.92. The van der Waals surface area contributed by atoms with Crippen LogP contribution in [0.25, 0.3) is 0 Å². The lowest BCUT2D eigenvalue weighted by molar-refractivity contribution is -0.385. The number of rotatable bonds is 2. The van der Waals surface area contributed by atoms with E-state index in [4.69, 9.17) is 5.11 Å². The summed E-state index contributed by atoms with van der Waals surface area (Å²) in [5, 5.41) is 19.4. The van der Waals surface area contributed by atoms with Gasteiger partial charge in [-0.1, -0.05) is 6.07 Å². The molecule has 1 rings (SSSR count). The zero-order valence-electron chi connectivity index (χ0n) is 7.77. The molecule has 14 heavy (non-hydrogen) atoms. The molecule has 0 spiro atoms. The Bertz CT molecular complexity index is 412. The number of aromatic carboxylic acids is 1. The van der Waals surface area contributed by atoms with Crippen molar-refractivity contribution in [2.24, 2.45) is 0 Å². The highest BCUT2D eigenvalue weighted by atomic mass is 16.6. The molecule has 5 nitrogen and oxygen atoms in total. The van der Waals surface area contributed by atoms with Gasteiger partial charge in [-0.3, -0.25) is 10.1 Å². The predicted octanol–water partition coefficient (Wildman–Crippen LogP) is 1.91. The molecule has 0 atom stereocenters. The molecule has 0 bridgehead atoms. The molecule has 0 unspecified atom stereocenters. The number of nitro benzene ring substituents is 1. The Labute approximate surface area is 80.1 Å². The Balaban J connectivity index is 3.52. The van der Waals surface area contributed by atoms with Crippen molar-refractivity contribution in [1.82, 2.24) is 0 Å². The minimum Gasteiger partial charge on any atom is -0.477 e. The second-order valence-electron chi connectivity index (χ2n) is 3.04. The molecule has 0 saturated carbocycles. The van der Waals surface area contributed by atoms with Crippen molar-refractivity contribution >= 4 is 11.7 Å². The Morgan fingerprint density at radius 3 is 2.43 bits per heavy atom. The van der Waals surface area contributed by atoms with Gasteiger partial charge >= 0.3 is 5.97 Å². The highest BCUT2D eigenvalue weighted by molar-refractivity contribution is 5.94. The van der Waals surface area contributed by atoms with E-state index in [9.17, 15) is 14.9 Å². The molecule has 0 aliphatic carbocycles. The minimum absolute atomic E-state index is 0.236. The van der Waals surface area contributed by atoms with Gasteiger partial charge in [-0.25, -0.2) is 4.79 Å². The van der Waals surface area contributed by atoms with Crippen molar-refractivity contribution in [3.05, 3.63) is 38.9 Å². The molecular weight excluding hydrogens is 186 g/mol. The maximum atomic E-state index is 10.8. The fourth-order valence-corrected chi connectivity index (χ4v) is 1.37. The van der Waals surface area contributed by atoms with E-state index < -0.39 is 10.9 Å². The highest BCUT2D eigenvalue weighted by Gasteiger charge is 2.22. The molecule has 5 heteroatoms. The first kappa shape index (κ1) is 10.2. The normalized spacial score (nSPS) is 9.86. The van der Waals surface area contributed by atoms with Gasteiger partial charge in [-0.15, -0.1) is 0 Å². The number of carbonyl (C=O) groups is 1. The van der Waals surface area contributed by atoms with Crippen LogP contribution in [0.1, 0.15) is 21.5 Å². The van der Waals surface area contributed by atoms with Crippen LogP contribution < -0.4 is 0 Å². The van der Waals surface area contributed by atoms with Gasteiger partial charge < -0.3 is 5.11 Å². The Kier molecular flexibility index (Phi) is 2.51. The first-order valence-electron chi connectivity index (χ1n) is 3.92. The van der Waals surface area contributed by atoms with Gasteiger partial charge in [0.25, 0.3) is 5.69 Å². The van der Waals surface area contributed by atoms with E-state index in [-0.39, 0.29) is 11.3 Å². The van der Waals surface area contributed by atoms with E-state index in [2.05, 4.69) is 0 Å². The third-order valence-electron chi connectivity index (χ3n) is 1.87. The van der Waals surface area contributed by atoms with Crippen molar-refractivity contribution in [3.8, 4) is 0 Å². The van der Waals surface area contributed by atoms with E-state index >= 15 is 0 Å². The molecule has 1 aromatic carbocycles. The zero-order chi connectivity index (χ0) is 10.9. The van der Waals surface area contributed by atoms with Crippen LogP contribution in [0.4, 0.5) is 5.69 Å². The Morgan fingerprint density at radius 2 is 2.00 bits per heavy atom. The summed E-state index contributed by atoms with van der Waals surface area (Å²) >= 11 is 0. The zero-order valence-corrected chi connectivity index (χ0v) is 7.77. The number of nitrogens with zero attached hydrogens (tertiary/aromatic N) is 1. The summed E-state index contributed by atoms with van der Waals surface area (Å²) in [7, 11) is 0. The van der Waals surface area contributed by atoms with Crippen LogP contribution >= 0.6 is 0 Å². The van der Waals surface area contributed by atoms with E-state index in [0.29, 0.717) is 11.1 Å². The predicted molar refractivity (Wildman–Crippen MR) is 49.5 cm³/mol. The van der Waals surface area contributed by atoms with Crippen molar-refractivity contribution in [2.75, 3.05) is 0 Å². The molecule has 74 valence electrons. The molecule has 0 aromatic heterocycles. The van der Waals surface area contributed by atoms with Gasteiger partial charge in [-0.2, -0.15) is 0 Å². The number of hydrogen-bond acceptors (Lipinski definition) is 3. The smallest absolute Gasteiger partial charge is 0.343 e. The van der Waals surface area contributed by atoms with Gasteiger partial charge in [0.2, 0.25) is 0 Å². The second-order valence-corrected chi connectivity index (χ2v) is 3.04. The molecule has 0 fully saturated rings. The SMILES string of the molecule is Cc1cc(C)c(C(=O)O)c([N+](=O)[O-])c1. The molecule has 0 aliphatic rings. The molecular formula is C9H9NO4. The Hall–Kier alpha value is -1.91. The maximum absolute atomic E-state index is 10.8. The lowest BCUT2D eigenvalue weighted by Gasteiger charge is -2.03. The standard InChI is InChI=1S/C9H9NO4/c1-5-3-6(2)8(9(11)12)7(4-5)10(13)14/h3-4H,1-2H3,(H,11,12). The van der Waals surface area contributed by atoms with Gasteiger partial charge in [0.15, 0.2) is 0 Å². The molecule has 0 heterocycles.